The quantitative estimate of drug-likeness (QED) is 0.819. The molecule has 5 nitrogen and oxygen atoms in total. The van der Waals surface area contributed by atoms with Crippen LogP contribution < -0.4 is 11.1 Å². The molecular formula is C13H17N3O2. The van der Waals surface area contributed by atoms with Crippen molar-refractivity contribution in [2.75, 3.05) is 13.7 Å². The van der Waals surface area contributed by atoms with E-state index in [0.717, 1.165) is 5.56 Å². The van der Waals surface area contributed by atoms with Crippen LogP contribution in [0.25, 0.3) is 0 Å². The number of benzene rings is 1. The third-order valence-electron chi connectivity index (χ3n) is 3.52. The Morgan fingerprint density at radius 2 is 2.17 bits per heavy atom. The topological polar surface area (TPSA) is 76.7 Å². The van der Waals surface area contributed by atoms with E-state index in [1.54, 1.807) is 0 Å². The number of carbonyl (C=O) groups excluding carboxylic acids is 1. The van der Waals surface area contributed by atoms with Gasteiger partial charge in [0, 0.05) is 0 Å². The Morgan fingerprint density at radius 1 is 1.50 bits per heavy atom. The van der Waals surface area contributed by atoms with Crippen LogP contribution in [0.5, 0.6) is 0 Å². The fraction of sp³-hybridized carbons (Fsp3) is 0.385. The molecule has 0 radical (unpaired) electrons. The number of methoxy groups -OCH3 is 1. The van der Waals surface area contributed by atoms with Crippen LogP contribution in [0, 0.1) is 0 Å². The van der Waals surface area contributed by atoms with Gasteiger partial charge in [0.15, 0.2) is 0 Å². The fourth-order valence-corrected chi connectivity index (χ4v) is 2.24. The lowest BCUT2D eigenvalue weighted by atomic mass is 9.76. The first-order chi connectivity index (χ1) is 8.59. The summed E-state index contributed by atoms with van der Waals surface area (Å²) in [6.45, 7) is 2.45. The van der Waals surface area contributed by atoms with Crippen molar-refractivity contribution in [3.8, 4) is 0 Å². The summed E-state index contributed by atoms with van der Waals surface area (Å²) in [5.41, 5.74) is 6.55. The highest BCUT2D eigenvalue weighted by molar-refractivity contribution is 5.94. The molecule has 1 heterocycles. The van der Waals surface area contributed by atoms with Crippen LogP contribution in [-0.4, -0.2) is 31.6 Å². The van der Waals surface area contributed by atoms with Crippen molar-refractivity contribution in [3.63, 3.8) is 0 Å². The average molecular weight is 247 g/mol. The van der Waals surface area contributed by atoms with E-state index in [1.807, 2.05) is 37.3 Å². The van der Waals surface area contributed by atoms with Gasteiger partial charge < -0.3 is 15.8 Å². The van der Waals surface area contributed by atoms with Gasteiger partial charge in [0.2, 0.25) is 0 Å². The molecule has 1 aliphatic heterocycles. The Kier molecular flexibility index (Phi) is 3.23. The van der Waals surface area contributed by atoms with Gasteiger partial charge in [-0.25, -0.2) is 4.79 Å². The lowest BCUT2D eigenvalue weighted by Gasteiger charge is -2.32. The molecule has 0 spiro atoms. The molecule has 0 aromatic heterocycles. The third-order valence-corrected chi connectivity index (χ3v) is 3.52. The van der Waals surface area contributed by atoms with Crippen molar-refractivity contribution in [1.82, 2.24) is 5.32 Å². The zero-order chi connectivity index (χ0) is 13.2. The van der Waals surface area contributed by atoms with Gasteiger partial charge >= 0.3 is 6.09 Å². The van der Waals surface area contributed by atoms with E-state index in [0.29, 0.717) is 12.4 Å². The van der Waals surface area contributed by atoms with Gasteiger partial charge in [-0.05, 0) is 12.5 Å². The molecule has 0 aliphatic carbocycles. The highest BCUT2D eigenvalue weighted by Crippen LogP contribution is 2.32. The number of nitrogens with zero attached hydrogens (tertiary/aromatic N) is 1. The molecule has 2 atom stereocenters. The van der Waals surface area contributed by atoms with E-state index in [1.165, 1.54) is 7.11 Å². The summed E-state index contributed by atoms with van der Waals surface area (Å²) in [6, 6.07) is 9.62. The van der Waals surface area contributed by atoms with E-state index >= 15 is 0 Å². The Morgan fingerprint density at radius 3 is 2.78 bits per heavy atom. The van der Waals surface area contributed by atoms with Crippen LogP contribution >= 0.6 is 0 Å². The normalized spacial score (nSPS) is 26.6. The molecular weight excluding hydrogens is 230 g/mol. The number of ether oxygens (including phenoxy) is 1. The first-order valence-electron chi connectivity index (χ1n) is 5.79. The number of rotatable bonds is 2. The zero-order valence-corrected chi connectivity index (χ0v) is 10.5. The Balaban J connectivity index is 2.32. The molecule has 1 aromatic carbocycles. The second kappa shape index (κ2) is 4.68. The summed E-state index contributed by atoms with van der Waals surface area (Å²) >= 11 is 0. The second-order valence-electron chi connectivity index (χ2n) is 4.48. The van der Waals surface area contributed by atoms with Gasteiger partial charge in [0.1, 0.15) is 5.84 Å². The van der Waals surface area contributed by atoms with Crippen molar-refractivity contribution in [2.24, 2.45) is 10.7 Å². The van der Waals surface area contributed by atoms with Gasteiger partial charge in [-0.2, -0.15) is 0 Å². The molecule has 5 heteroatoms. The average Bonchev–Trinajstić information content (AvgIpc) is 2.69. The number of nitrogens with one attached hydrogen (secondary N) is 1. The monoisotopic (exact) mass is 247 g/mol. The number of alkyl carbamates (subject to hydrolysis) is 1. The Hall–Kier alpha value is -2.04. The summed E-state index contributed by atoms with van der Waals surface area (Å²) in [5, 5.41) is 2.79. The van der Waals surface area contributed by atoms with E-state index in [2.05, 4.69) is 15.0 Å². The van der Waals surface area contributed by atoms with E-state index in [4.69, 9.17) is 5.73 Å². The van der Waals surface area contributed by atoms with Gasteiger partial charge in [-0.3, -0.25) is 4.99 Å². The third kappa shape index (κ3) is 1.92. The molecule has 1 amide bonds. The van der Waals surface area contributed by atoms with Gasteiger partial charge in [0.05, 0.1) is 25.1 Å². The van der Waals surface area contributed by atoms with Crippen LogP contribution in [0.3, 0.4) is 0 Å². The Labute approximate surface area is 106 Å². The fourth-order valence-electron chi connectivity index (χ4n) is 2.24. The molecule has 18 heavy (non-hydrogen) atoms. The maximum Gasteiger partial charge on any atom is 0.407 e. The summed E-state index contributed by atoms with van der Waals surface area (Å²) in [5.74, 6) is 0.537. The van der Waals surface area contributed by atoms with Crippen molar-refractivity contribution < 1.29 is 9.53 Å². The van der Waals surface area contributed by atoms with Crippen LogP contribution in [0.4, 0.5) is 4.79 Å². The summed E-state index contributed by atoms with van der Waals surface area (Å²) in [7, 11) is 1.34. The largest absolute Gasteiger partial charge is 0.453 e. The maximum absolute atomic E-state index is 11.4. The van der Waals surface area contributed by atoms with Gasteiger partial charge in [-0.1, -0.05) is 30.3 Å². The minimum absolute atomic E-state index is 0.188. The van der Waals surface area contributed by atoms with Crippen LogP contribution in [0.15, 0.2) is 35.3 Å². The highest BCUT2D eigenvalue weighted by atomic mass is 16.5. The number of aliphatic imine (C=N–C) groups is 1. The molecule has 2 unspecified atom stereocenters. The van der Waals surface area contributed by atoms with Crippen molar-refractivity contribution in [1.29, 1.82) is 0 Å². The van der Waals surface area contributed by atoms with Crippen LogP contribution in [0.2, 0.25) is 0 Å². The van der Waals surface area contributed by atoms with Crippen molar-refractivity contribution in [2.45, 2.75) is 18.4 Å². The number of amides is 1. The molecule has 0 bridgehead atoms. The van der Waals surface area contributed by atoms with Crippen LogP contribution in [0.1, 0.15) is 12.5 Å². The number of hydrogen-bond donors (Lipinski definition) is 2. The molecule has 0 fully saturated rings. The number of carbonyl (C=O) groups is 1. The molecule has 3 N–H and O–H groups in total. The lowest BCUT2D eigenvalue weighted by Crippen LogP contribution is -2.53. The summed E-state index contributed by atoms with van der Waals surface area (Å²) in [6.07, 6.45) is -0.466. The predicted molar refractivity (Wildman–Crippen MR) is 69.6 cm³/mol. The minimum atomic E-state index is -0.491. The summed E-state index contributed by atoms with van der Waals surface area (Å²) in [4.78, 5) is 15.6. The molecule has 1 aromatic rings. The lowest BCUT2D eigenvalue weighted by molar-refractivity contribution is 0.164. The molecule has 0 saturated heterocycles. The van der Waals surface area contributed by atoms with E-state index in [-0.39, 0.29) is 6.04 Å². The first kappa shape index (κ1) is 12.4. The van der Waals surface area contributed by atoms with Crippen molar-refractivity contribution in [3.05, 3.63) is 35.9 Å². The highest BCUT2D eigenvalue weighted by Gasteiger charge is 2.44. The predicted octanol–water partition coefficient (Wildman–Crippen LogP) is 1.04. The first-order valence-corrected chi connectivity index (χ1v) is 5.79. The molecule has 96 valence electrons. The zero-order valence-electron chi connectivity index (χ0n) is 10.5. The summed E-state index contributed by atoms with van der Waals surface area (Å²) < 4.78 is 4.63. The number of amidine groups is 1. The maximum atomic E-state index is 11.4. The smallest absolute Gasteiger partial charge is 0.407 e. The standard InChI is InChI=1S/C13H17N3O2/c1-13(9-6-4-3-5-7-9)10(8-15-11(13)14)16-12(17)18-2/h3-7,10H,8H2,1-2H3,(H2,14,15)(H,16,17). The molecule has 0 saturated carbocycles. The second-order valence-corrected chi connectivity index (χ2v) is 4.48. The van der Waals surface area contributed by atoms with Crippen molar-refractivity contribution >= 4 is 11.9 Å². The molecule has 1 aliphatic rings. The van der Waals surface area contributed by atoms with E-state index in [9.17, 15) is 4.79 Å². The number of nitrogens with two attached hydrogens (primary N) is 1. The number of hydrogen-bond acceptors (Lipinski definition) is 4. The Bertz CT molecular complexity index is 472. The van der Waals surface area contributed by atoms with Gasteiger partial charge in [0.25, 0.3) is 0 Å². The van der Waals surface area contributed by atoms with E-state index < -0.39 is 11.5 Å². The van der Waals surface area contributed by atoms with Crippen LogP contribution in [-0.2, 0) is 10.2 Å². The minimum Gasteiger partial charge on any atom is -0.453 e. The van der Waals surface area contributed by atoms with Gasteiger partial charge in [-0.15, -0.1) is 0 Å². The SMILES string of the molecule is COC(=O)NC1CN=C(N)C1(C)c1ccccc1. The molecule has 2 rings (SSSR count).